The maximum absolute atomic E-state index is 13.0. The zero-order valence-electron chi connectivity index (χ0n) is 11.3. The first kappa shape index (κ1) is 13.3. The van der Waals surface area contributed by atoms with E-state index in [1.807, 2.05) is 13.0 Å². The second-order valence-corrected chi connectivity index (χ2v) is 6.28. The van der Waals surface area contributed by atoms with E-state index < -0.39 is 5.54 Å². The van der Waals surface area contributed by atoms with E-state index >= 15 is 0 Å². The molecule has 1 unspecified atom stereocenters. The maximum atomic E-state index is 13.0. The minimum Gasteiger partial charge on any atom is -0.321 e. The number of halogens is 1. The third kappa shape index (κ3) is 2.47. The molecule has 20 heavy (non-hydrogen) atoms. The molecule has 0 aliphatic rings. The molecule has 102 valence electrons. The summed E-state index contributed by atoms with van der Waals surface area (Å²) in [6.07, 6.45) is 0.685. The molecule has 2 N–H and O–H groups in total. The van der Waals surface area contributed by atoms with Crippen molar-refractivity contribution in [1.82, 2.24) is 0 Å². The first-order valence-corrected chi connectivity index (χ1v) is 7.44. The van der Waals surface area contributed by atoms with Gasteiger partial charge in [0.25, 0.3) is 0 Å². The number of hydrogen-bond acceptors (Lipinski definition) is 2. The zero-order valence-corrected chi connectivity index (χ0v) is 12.1. The van der Waals surface area contributed by atoms with Crippen LogP contribution in [0, 0.1) is 5.82 Å². The van der Waals surface area contributed by atoms with Crippen LogP contribution in [0.25, 0.3) is 10.1 Å². The summed E-state index contributed by atoms with van der Waals surface area (Å²) in [6, 6.07) is 14.9. The SMILES string of the molecule is CC(N)(Cc1ccc(F)cc1)c1cccc2ccsc12. The van der Waals surface area contributed by atoms with Gasteiger partial charge in [-0.3, -0.25) is 0 Å². The molecule has 0 saturated carbocycles. The van der Waals surface area contributed by atoms with Gasteiger partial charge < -0.3 is 5.73 Å². The molecule has 1 aromatic heterocycles. The van der Waals surface area contributed by atoms with Gasteiger partial charge in [0.05, 0.1) is 0 Å². The Kier molecular flexibility index (Phi) is 3.32. The summed E-state index contributed by atoms with van der Waals surface area (Å²) in [5, 5.41) is 3.31. The number of thiophene rings is 1. The van der Waals surface area contributed by atoms with Crippen LogP contribution in [0.2, 0.25) is 0 Å². The summed E-state index contributed by atoms with van der Waals surface area (Å²) in [4.78, 5) is 0. The predicted molar refractivity (Wildman–Crippen MR) is 83.5 cm³/mol. The third-order valence-corrected chi connectivity index (χ3v) is 4.54. The van der Waals surface area contributed by atoms with Gasteiger partial charge in [-0.25, -0.2) is 4.39 Å². The van der Waals surface area contributed by atoms with Gasteiger partial charge in [0.1, 0.15) is 5.82 Å². The average molecular weight is 285 g/mol. The summed E-state index contributed by atoms with van der Waals surface area (Å²) in [7, 11) is 0. The Morgan fingerprint density at radius 1 is 1.10 bits per heavy atom. The molecule has 0 spiro atoms. The summed E-state index contributed by atoms with van der Waals surface area (Å²) < 4.78 is 14.2. The van der Waals surface area contributed by atoms with Crippen molar-refractivity contribution < 1.29 is 4.39 Å². The van der Waals surface area contributed by atoms with Gasteiger partial charge in [-0.15, -0.1) is 11.3 Å². The molecule has 0 aliphatic carbocycles. The summed E-state index contributed by atoms with van der Waals surface area (Å²) in [6.45, 7) is 2.03. The Balaban J connectivity index is 1.98. The highest BCUT2D eigenvalue weighted by molar-refractivity contribution is 7.17. The fourth-order valence-electron chi connectivity index (χ4n) is 2.56. The molecular formula is C17H16FNS. The summed E-state index contributed by atoms with van der Waals surface area (Å²) >= 11 is 1.71. The Hall–Kier alpha value is -1.71. The standard InChI is InChI=1S/C17H16FNS/c1-17(19,11-12-5-7-14(18)8-6-12)15-4-2-3-13-9-10-20-16(13)15/h2-10H,11,19H2,1H3. The van der Waals surface area contributed by atoms with E-state index in [0.717, 1.165) is 11.1 Å². The molecule has 0 bridgehead atoms. The van der Waals surface area contributed by atoms with Crippen LogP contribution in [0.3, 0.4) is 0 Å². The summed E-state index contributed by atoms with van der Waals surface area (Å²) in [5.74, 6) is -0.215. The van der Waals surface area contributed by atoms with Crippen molar-refractivity contribution in [3.63, 3.8) is 0 Å². The van der Waals surface area contributed by atoms with Crippen LogP contribution in [0.15, 0.2) is 53.9 Å². The smallest absolute Gasteiger partial charge is 0.123 e. The fourth-order valence-corrected chi connectivity index (χ4v) is 3.62. The Morgan fingerprint density at radius 2 is 1.85 bits per heavy atom. The molecule has 1 nitrogen and oxygen atoms in total. The molecule has 2 aromatic carbocycles. The van der Waals surface area contributed by atoms with Gasteiger partial charge in [0, 0.05) is 10.2 Å². The number of fused-ring (bicyclic) bond motifs is 1. The van der Waals surface area contributed by atoms with Gasteiger partial charge in [0.15, 0.2) is 0 Å². The number of benzene rings is 2. The van der Waals surface area contributed by atoms with E-state index in [1.165, 1.54) is 22.2 Å². The molecule has 1 atom stereocenters. The van der Waals surface area contributed by atoms with Crippen LogP contribution in [-0.4, -0.2) is 0 Å². The number of hydrogen-bond donors (Lipinski definition) is 1. The molecule has 0 saturated heterocycles. The van der Waals surface area contributed by atoms with E-state index in [9.17, 15) is 4.39 Å². The minimum absolute atomic E-state index is 0.215. The van der Waals surface area contributed by atoms with Crippen molar-refractivity contribution in [3.8, 4) is 0 Å². The predicted octanol–water partition coefficient (Wildman–Crippen LogP) is 4.46. The largest absolute Gasteiger partial charge is 0.321 e. The average Bonchev–Trinajstić information content (AvgIpc) is 2.89. The van der Waals surface area contributed by atoms with Crippen LogP contribution < -0.4 is 5.73 Å². The molecule has 3 heteroatoms. The van der Waals surface area contributed by atoms with Gasteiger partial charge in [-0.1, -0.05) is 30.3 Å². The van der Waals surface area contributed by atoms with Crippen molar-refractivity contribution in [3.05, 3.63) is 70.9 Å². The highest BCUT2D eigenvalue weighted by Crippen LogP contribution is 2.32. The highest BCUT2D eigenvalue weighted by atomic mass is 32.1. The lowest BCUT2D eigenvalue weighted by atomic mass is 9.86. The molecule has 0 aliphatic heterocycles. The first-order chi connectivity index (χ1) is 9.56. The minimum atomic E-state index is -0.470. The molecular weight excluding hydrogens is 269 g/mol. The van der Waals surface area contributed by atoms with Crippen molar-refractivity contribution in [2.24, 2.45) is 5.73 Å². The Morgan fingerprint density at radius 3 is 2.60 bits per heavy atom. The van der Waals surface area contributed by atoms with E-state index in [0.29, 0.717) is 6.42 Å². The zero-order chi connectivity index (χ0) is 14.2. The first-order valence-electron chi connectivity index (χ1n) is 6.56. The summed E-state index contributed by atoms with van der Waals surface area (Å²) in [5.41, 5.74) is 8.27. The van der Waals surface area contributed by atoms with Crippen LogP contribution in [0.1, 0.15) is 18.1 Å². The lowest BCUT2D eigenvalue weighted by Gasteiger charge is -2.26. The van der Waals surface area contributed by atoms with Gasteiger partial charge in [-0.05, 0) is 53.4 Å². The van der Waals surface area contributed by atoms with Crippen molar-refractivity contribution in [2.75, 3.05) is 0 Å². The molecule has 3 rings (SSSR count). The lowest BCUT2D eigenvalue weighted by Crippen LogP contribution is -2.35. The Labute approximate surface area is 121 Å². The quantitative estimate of drug-likeness (QED) is 0.755. The monoisotopic (exact) mass is 285 g/mol. The number of nitrogens with two attached hydrogens (primary N) is 1. The van der Waals surface area contributed by atoms with Crippen molar-refractivity contribution in [1.29, 1.82) is 0 Å². The third-order valence-electron chi connectivity index (χ3n) is 3.58. The lowest BCUT2D eigenvalue weighted by molar-refractivity contribution is 0.495. The van der Waals surface area contributed by atoms with Crippen molar-refractivity contribution in [2.45, 2.75) is 18.9 Å². The Bertz CT molecular complexity index is 728. The van der Waals surface area contributed by atoms with Gasteiger partial charge >= 0.3 is 0 Å². The molecule has 0 fully saturated rings. The molecule has 3 aromatic rings. The van der Waals surface area contributed by atoms with E-state index in [4.69, 9.17) is 5.73 Å². The molecule has 0 amide bonds. The topological polar surface area (TPSA) is 26.0 Å². The van der Waals surface area contributed by atoms with E-state index in [-0.39, 0.29) is 5.82 Å². The van der Waals surface area contributed by atoms with Crippen LogP contribution in [-0.2, 0) is 12.0 Å². The second kappa shape index (κ2) is 5.00. The maximum Gasteiger partial charge on any atom is 0.123 e. The fraction of sp³-hybridized carbons (Fsp3) is 0.176. The normalized spacial score (nSPS) is 14.3. The van der Waals surface area contributed by atoms with Crippen LogP contribution in [0.5, 0.6) is 0 Å². The van der Waals surface area contributed by atoms with E-state index in [1.54, 1.807) is 23.5 Å². The molecule has 1 heterocycles. The molecule has 0 radical (unpaired) electrons. The second-order valence-electron chi connectivity index (χ2n) is 5.37. The number of rotatable bonds is 3. The van der Waals surface area contributed by atoms with Gasteiger partial charge in [-0.2, -0.15) is 0 Å². The van der Waals surface area contributed by atoms with Gasteiger partial charge in [0.2, 0.25) is 0 Å². The van der Waals surface area contributed by atoms with Crippen LogP contribution >= 0.6 is 11.3 Å². The van der Waals surface area contributed by atoms with Crippen molar-refractivity contribution >= 4 is 21.4 Å². The van der Waals surface area contributed by atoms with Crippen LogP contribution in [0.4, 0.5) is 4.39 Å². The highest BCUT2D eigenvalue weighted by Gasteiger charge is 2.24. The van der Waals surface area contributed by atoms with E-state index in [2.05, 4.69) is 23.6 Å².